The van der Waals surface area contributed by atoms with Gasteiger partial charge in [0.15, 0.2) is 5.96 Å². The van der Waals surface area contributed by atoms with Gasteiger partial charge in [0.25, 0.3) is 0 Å². The maximum absolute atomic E-state index is 12.2. The van der Waals surface area contributed by atoms with Gasteiger partial charge in [0.2, 0.25) is 5.91 Å². The Morgan fingerprint density at radius 2 is 2.04 bits per heavy atom. The van der Waals surface area contributed by atoms with Crippen molar-refractivity contribution >= 4 is 47.2 Å². The zero-order chi connectivity index (χ0) is 18.3. The zero-order valence-electron chi connectivity index (χ0n) is 14.5. The van der Waals surface area contributed by atoms with Crippen molar-refractivity contribution in [3.63, 3.8) is 0 Å². The number of guanidine groups is 1. The van der Waals surface area contributed by atoms with Crippen molar-refractivity contribution in [1.82, 2.24) is 20.5 Å². The fraction of sp³-hybridized carbons (Fsp3) is 0.643. The molecular weight excluding hydrogens is 470 g/mol. The molecule has 0 aromatic carbocycles. The van der Waals surface area contributed by atoms with E-state index in [-0.39, 0.29) is 30.5 Å². The Morgan fingerprint density at radius 1 is 1.40 bits per heavy atom. The Morgan fingerprint density at radius 3 is 2.52 bits per heavy atom. The summed E-state index contributed by atoms with van der Waals surface area (Å²) in [5.41, 5.74) is 1.00. The normalized spacial score (nSPS) is 11.9. The van der Waals surface area contributed by atoms with E-state index in [0.29, 0.717) is 23.3 Å². The van der Waals surface area contributed by atoms with Crippen molar-refractivity contribution in [1.29, 1.82) is 0 Å². The van der Waals surface area contributed by atoms with Crippen LogP contribution in [-0.2, 0) is 11.3 Å². The maximum Gasteiger partial charge on any atom is 0.406 e. The highest BCUT2D eigenvalue weighted by Gasteiger charge is 2.31. The molecule has 1 amide bonds. The van der Waals surface area contributed by atoms with Gasteiger partial charge in [-0.25, -0.2) is 4.98 Å². The van der Waals surface area contributed by atoms with E-state index in [2.05, 4.69) is 34.5 Å². The van der Waals surface area contributed by atoms with Gasteiger partial charge in [-0.2, -0.15) is 13.2 Å². The van der Waals surface area contributed by atoms with E-state index in [9.17, 15) is 18.0 Å². The van der Waals surface area contributed by atoms with Gasteiger partial charge in [0, 0.05) is 19.5 Å². The summed E-state index contributed by atoms with van der Waals surface area (Å²) >= 11 is 1.51. The van der Waals surface area contributed by atoms with Crippen LogP contribution in [0, 0.1) is 0 Å². The first-order chi connectivity index (χ1) is 11.1. The van der Waals surface area contributed by atoms with Crippen LogP contribution >= 0.6 is 35.3 Å². The minimum atomic E-state index is -4.41. The third-order valence-electron chi connectivity index (χ3n) is 3.04. The number of carbonyl (C=O) groups is 1. The fourth-order valence-corrected chi connectivity index (χ4v) is 2.60. The monoisotopic (exact) mass is 493 g/mol. The molecule has 1 rings (SSSR count). The van der Waals surface area contributed by atoms with E-state index in [4.69, 9.17) is 0 Å². The van der Waals surface area contributed by atoms with Gasteiger partial charge < -0.3 is 15.5 Å². The number of aliphatic imine (C=N–C) groups is 1. The molecular formula is C14H23F3IN5OS. The highest BCUT2D eigenvalue weighted by atomic mass is 127. The summed E-state index contributed by atoms with van der Waals surface area (Å²) in [4.78, 5) is 20.7. The molecule has 6 nitrogen and oxygen atoms in total. The lowest BCUT2D eigenvalue weighted by molar-refractivity contribution is -0.157. The predicted molar refractivity (Wildman–Crippen MR) is 104 cm³/mol. The number of rotatable bonds is 6. The number of nitrogens with one attached hydrogen (secondary N) is 2. The van der Waals surface area contributed by atoms with Gasteiger partial charge in [-0.15, -0.1) is 35.3 Å². The van der Waals surface area contributed by atoms with E-state index < -0.39 is 18.6 Å². The first-order valence-electron chi connectivity index (χ1n) is 7.32. The molecule has 0 unspecified atom stereocenters. The number of hydrogen-bond donors (Lipinski definition) is 2. The third-order valence-corrected chi connectivity index (χ3v) is 3.91. The summed E-state index contributed by atoms with van der Waals surface area (Å²) in [6.45, 7) is 2.97. The van der Waals surface area contributed by atoms with Gasteiger partial charge in [-0.1, -0.05) is 13.8 Å². The standard InChI is InChI=1S/C14H22F3N5OS.HI/c1-9(2)10-7-24-11(21-10)5-19-13(18-3)20-6-12(23)22(4)8-14(15,16)17;/h7,9H,5-6,8H2,1-4H3,(H2,18,19,20);1H. The highest BCUT2D eigenvalue weighted by molar-refractivity contribution is 14.0. The van der Waals surface area contributed by atoms with Crippen LogP contribution in [0.15, 0.2) is 10.4 Å². The SMILES string of the molecule is CN=C(NCC(=O)N(C)CC(F)(F)F)NCc1nc(C(C)C)cs1.I. The van der Waals surface area contributed by atoms with Crippen molar-refractivity contribution in [2.75, 3.05) is 27.2 Å². The molecule has 1 aromatic rings. The molecule has 144 valence electrons. The van der Waals surface area contributed by atoms with Crippen LogP contribution in [0.25, 0.3) is 0 Å². The molecule has 11 heteroatoms. The van der Waals surface area contributed by atoms with Crippen molar-refractivity contribution in [3.8, 4) is 0 Å². The predicted octanol–water partition coefficient (Wildman–Crippen LogP) is 2.57. The molecule has 0 bridgehead atoms. The molecule has 2 N–H and O–H groups in total. The van der Waals surface area contributed by atoms with Gasteiger partial charge in [0.05, 0.1) is 18.8 Å². The number of halogens is 4. The summed E-state index contributed by atoms with van der Waals surface area (Å²) in [5, 5.41) is 8.51. The van der Waals surface area contributed by atoms with Gasteiger partial charge >= 0.3 is 6.18 Å². The summed E-state index contributed by atoms with van der Waals surface area (Å²) in [6, 6.07) is 0. The largest absolute Gasteiger partial charge is 0.406 e. The summed E-state index contributed by atoms with van der Waals surface area (Å²) in [5.74, 6) is -0.00842. The number of alkyl halides is 3. The number of nitrogens with zero attached hydrogens (tertiary/aromatic N) is 3. The fourth-order valence-electron chi connectivity index (χ4n) is 1.70. The number of likely N-dealkylation sites (N-methyl/N-ethyl adjacent to an activating group) is 1. The van der Waals surface area contributed by atoms with Crippen LogP contribution in [0.4, 0.5) is 13.2 Å². The second kappa shape index (κ2) is 10.8. The molecule has 0 aliphatic heterocycles. The summed E-state index contributed by atoms with van der Waals surface area (Å²) in [6.07, 6.45) is -4.41. The topological polar surface area (TPSA) is 69.6 Å². The van der Waals surface area contributed by atoms with Crippen LogP contribution in [0.5, 0.6) is 0 Å². The van der Waals surface area contributed by atoms with Crippen molar-refractivity contribution in [3.05, 3.63) is 16.1 Å². The maximum atomic E-state index is 12.2. The molecule has 0 radical (unpaired) electrons. The molecule has 0 saturated carbocycles. The van der Waals surface area contributed by atoms with Crippen LogP contribution in [-0.4, -0.2) is 55.1 Å². The zero-order valence-corrected chi connectivity index (χ0v) is 17.6. The minimum Gasteiger partial charge on any atom is -0.350 e. The van der Waals surface area contributed by atoms with Gasteiger partial charge in [-0.3, -0.25) is 9.79 Å². The number of thiazole rings is 1. The van der Waals surface area contributed by atoms with Crippen LogP contribution in [0.1, 0.15) is 30.5 Å². The highest BCUT2D eigenvalue weighted by Crippen LogP contribution is 2.17. The Hall–Kier alpha value is -1.11. The van der Waals surface area contributed by atoms with E-state index in [1.165, 1.54) is 18.4 Å². The van der Waals surface area contributed by atoms with E-state index >= 15 is 0 Å². The van der Waals surface area contributed by atoms with Gasteiger partial charge in [0.1, 0.15) is 11.6 Å². The Kier molecular flexibility index (Phi) is 10.3. The smallest absolute Gasteiger partial charge is 0.350 e. The van der Waals surface area contributed by atoms with Crippen LogP contribution in [0.2, 0.25) is 0 Å². The molecule has 0 spiro atoms. The van der Waals surface area contributed by atoms with E-state index in [1.54, 1.807) is 0 Å². The molecule has 0 fully saturated rings. The van der Waals surface area contributed by atoms with E-state index in [1.807, 2.05) is 5.38 Å². The van der Waals surface area contributed by atoms with Crippen molar-refractivity contribution < 1.29 is 18.0 Å². The lowest BCUT2D eigenvalue weighted by Crippen LogP contribution is -2.45. The quantitative estimate of drug-likeness (QED) is 0.363. The summed E-state index contributed by atoms with van der Waals surface area (Å²) < 4.78 is 36.7. The number of amides is 1. The Balaban J connectivity index is 0.00000576. The second-order valence-electron chi connectivity index (χ2n) is 5.47. The molecule has 0 saturated heterocycles. The number of hydrogen-bond acceptors (Lipinski definition) is 4. The average molecular weight is 493 g/mol. The molecule has 25 heavy (non-hydrogen) atoms. The first kappa shape index (κ1) is 23.9. The molecule has 0 aliphatic carbocycles. The Labute approximate surface area is 166 Å². The molecule has 0 aliphatic rings. The summed E-state index contributed by atoms with van der Waals surface area (Å²) in [7, 11) is 2.62. The number of aromatic nitrogens is 1. The molecule has 1 heterocycles. The van der Waals surface area contributed by atoms with Crippen molar-refractivity contribution in [2.24, 2.45) is 4.99 Å². The number of carbonyl (C=O) groups excluding carboxylic acids is 1. The lowest BCUT2D eigenvalue weighted by atomic mass is 10.2. The molecule has 1 aromatic heterocycles. The minimum absolute atomic E-state index is 0. The lowest BCUT2D eigenvalue weighted by Gasteiger charge is -2.19. The van der Waals surface area contributed by atoms with E-state index in [0.717, 1.165) is 17.7 Å². The average Bonchev–Trinajstić information content (AvgIpc) is 2.94. The second-order valence-corrected chi connectivity index (χ2v) is 6.41. The van der Waals surface area contributed by atoms with Crippen LogP contribution < -0.4 is 10.6 Å². The van der Waals surface area contributed by atoms with Crippen LogP contribution in [0.3, 0.4) is 0 Å². The third kappa shape index (κ3) is 9.23. The van der Waals surface area contributed by atoms with Crippen molar-refractivity contribution in [2.45, 2.75) is 32.5 Å². The Bertz CT molecular complexity index is 577. The first-order valence-corrected chi connectivity index (χ1v) is 8.20. The van der Waals surface area contributed by atoms with Gasteiger partial charge in [-0.05, 0) is 5.92 Å². The molecule has 0 atom stereocenters.